The number of nitrogens with one attached hydrogen (secondary N) is 2. The number of rotatable bonds is 7. The number of fused-ring (bicyclic) bond motifs is 1. The molecule has 0 radical (unpaired) electrons. The zero-order valence-corrected chi connectivity index (χ0v) is 15.2. The highest BCUT2D eigenvalue weighted by Crippen LogP contribution is 2.28. The summed E-state index contributed by atoms with van der Waals surface area (Å²) in [7, 11) is 0. The van der Waals surface area contributed by atoms with E-state index < -0.39 is 5.97 Å². The second-order valence-corrected chi connectivity index (χ2v) is 6.15. The van der Waals surface area contributed by atoms with Crippen molar-refractivity contribution in [2.75, 3.05) is 23.3 Å². The lowest BCUT2D eigenvalue weighted by Crippen LogP contribution is -2.25. The summed E-state index contributed by atoms with van der Waals surface area (Å²) < 4.78 is 0. The van der Waals surface area contributed by atoms with E-state index in [0.717, 1.165) is 30.6 Å². The number of pyridine rings is 1. The first-order valence-electron chi connectivity index (χ1n) is 8.74. The first kappa shape index (κ1) is 17.7. The fourth-order valence-electron chi connectivity index (χ4n) is 2.99. The minimum absolute atomic E-state index is 0.275. The van der Waals surface area contributed by atoms with Gasteiger partial charge >= 0.3 is 5.97 Å². The Hall–Kier alpha value is -3.09. The number of hydrogen-bond acceptors (Lipinski definition) is 5. The number of carboxylic acids is 1. The summed E-state index contributed by atoms with van der Waals surface area (Å²) in [4.78, 5) is 25.8. The molecule has 2 aromatic heterocycles. The van der Waals surface area contributed by atoms with Gasteiger partial charge in [0.2, 0.25) is 5.95 Å². The number of carbonyl (C=O) groups is 1. The van der Waals surface area contributed by atoms with Gasteiger partial charge in [-0.3, -0.25) is 0 Å². The van der Waals surface area contributed by atoms with Gasteiger partial charge in [0.05, 0.1) is 22.3 Å². The fourth-order valence-corrected chi connectivity index (χ4v) is 2.99. The third-order valence-electron chi connectivity index (χ3n) is 4.29. The van der Waals surface area contributed by atoms with E-state index >= 15 is 0 Å². The van der Waals surface area contributed by atoms with Crippen LogP contribution in [-0.2, 0) is 0 Å². The van der Waals surface area contributed by atoms with Crippen molar-refractivity contribution in [3.05, 3.63) is 41.6 Å². The molecule has 0 unspecified atom stereocenters. The molecule has 2 heterocycles. The van der Waals surface area contributed by atoms with E-state index in [2.05, 4.69) is 32.1 Å². The van der Waals surface area contributed by atoms with Crippen LogP contribution in [0.1, 0.15) is 36.2 Å². The van der Waals surface area contributed by atoms with Crippen molar-refractivity contribution in [3.63, 3.8) is 0 Å². The summed E-state index contributed by atoms with van der Waals surface area (Å²) in [5, 5.41) is 12.8. The molecule has 1 aromatic carbocycles. The van der Waals surface area contributed by atoms with Gasteiger partial charge in [0.25, 0.3) is 0 Å². The summed E-state index contributed by atoms with van der Waals surface area (Å²) in [6.07, 6.45) is 2.65. The molecule has 0 atom stereocenters. The molecule has 0 aliphatic rings. The Morgan fingerprint density at radius 2 is 2.15 bits per heavy atom. The van der Waals surface area contributed by atoms with E-state index in [9.17, 15) is 9.90 Å². The molecule has 136 valence electrons. The van der Waals surface area contributed by atoms with Crippen LogP contribution in [0.4, 0.5) is 17.5 Å². The molecule has 3 N–H and O–H groups in total. The first-order chi connectivity index (χ1) is 12.5. The van der Waals surface area contributed by atoms with E-state index in [1.54, 1.807) is 12.3 Å². The minimum Gasteiger partial charge on any atom is -0.478 e. The maximum Gasteiger partial charge on any atom is 0.337 e. The van der Waals surface area contributed by atoms with Crippen LogP contribution in [0.5, 0.6) is 0 Å². The summed E-state index contributed by atoms with van der Waals surface area (Å²) in [5.41, 5.74) is 3.36. The zero-order valence-electron chi connectivity index (χ0n) is 15.2. The fraction of sp³-hybridized carbons (Fsp3) is 0.316. The molecular weight excluding hydrogens is 330 g/mol. The lowest BCUT2D eigenvalue weighted by Gasteiger charge is -2.24. The van der Waals surface area contributed by atoms with Gasteiger partial charge in [-0.1, -0.05) is 13.0 Å². The second kappa shape index (κ2) is 7.43. The molecule has 3 rings (SSSR count). The van der Waals surface area contributed by atoms with Crippen molar-refractivity contribution in [1.29, 1.82) is 0 Å². The van der Waals surface area contributed by atoms with Gasteiger partial charge in [-0.25, -0.2) is 14.8 Å². The van der Waals surface area contributed by atoms with Crippen LogP contribution in [0.25, 0.3) is 11.0 Å². The number of aromatic amines is 1. The molecule has 0 fully saturated rings. The largest absolute Gasteiger partial charge is 0.478 e. The van der Waals surface area contributed by atoms with Gasteiger partial charge in [-0.05, 0) is 44.0 Å². The average molecular weight is 353 g/mol. The molecule has 0 saturated heterocycles. The Bertz CT molecular complexity index is 935. The number of nitrogens with zero attached hydrogens (tertiary/aromatic N) is 3. The van der Waals surface area contributed by atoms with Crippen molar-refractivity contribution < 1.29 is 9.90 Å². The Morgan fingerprint density at radius 1 is 1.35 bits per heavy atom. The van der Waals surface area contributed by atoms with Crippen molar-refractivity contribution in [2.24, 2.45) is 0 Å². The Balaban J connectivity index is 2.03. The highest BCUT2D eigenvalue weighted by molar-refractivity contribution is 6.00. The van der Waals surface area contributed by atoms with Gasteiger partial charge < -0.3 is 20.3 Å². The van der Waals surface area contributed by atoms with Crippen molar-refractivity contribution >= 4 is 34.5 Å². The Kier molecular flexibility index (Phi) is 5.06. The molecular formula is C19H23N5O2. The molecule has 0 amide bonds. The van der Waals surface area contributed by atoms with Gasteiger partial charge in [-0.15, -0.1) is 0 Å². The van der Waals surface area contributed by atoms with Crippen LogP contribution in [0, 0.1) is 6.92 Å². The van der Waals surface area contributed by atoms with Crippen molar-refractivity contribution in [2.45, 2.75) is 27.2 Å². The minimum atomic E-state index is -0.943. The van der Waals surface area contributed by atoms with E-state index in [1.807, 2.05) is 32.0 Å². The highest BCUT2D eigenvalue weighted by Gasteiger charge is 2.18. The molecule has 26 heavy (non-hydrogen) atoms. The molecule has 0 aliphatic carbocycles. The number of H-pyrrole nitrogens is 1. The Labute approximate surface area is 152 Å². The number of aryl methyl sites for hydroxylation is 1. The quantitative estimate of drug-likeness (QED) is 0.595. The number of imidazole rings is 1. The number of anilines is 3. The van der Waals surface area contributed by atoms with Gasteiger partial charge in [-0.2, -0.15) is 0 Å². The molecule has 0 bridgehead atoms. The predicted molar refractivity (Wildman–Crippen MR) is 103 cm³/mol. The summed E-state index contributed by atoms with van der Waals surface area (Å²) in [6, 6.07) is 7.32. The van der Waals surface area contributed by atoms with Crippen LogP contribution >= 0.6 is 0 Å². The van der Waals surface area contributed by atoms with Gasteiger partial charge in [0, 0.05) is 19.3 Å². The van der Waals surface area contributed by atoms with Crippen molar-refractivity contribution in [1.82, 2.24) is 15.0 Å². The maximum atomic E-state index is 11.7. The van der Waals surface area contributed by atoms with Gasteiger partial charge in [0.15, 0.2) is 0 Å². The smallest absolute Gasteiger partial charge is 0.337 e. The number of aromatic nitrogens is 3. The number of aromatic carboxylic acids is 1. The normalized spacial score (nSPS) is 10.9. The topological polar surface area (TPSA) is 94.1 Å². The monoisotopic (exact) mass is 353 g/mol. The van der Waals surface area contributed by atoms with Crippen LogP contribution in [0.3, 0.4) is 0 Å². The summed E-state index contributed by atoms with van der Waals surface area (Å²) in [5.74, 6) is 0.307. The Morgan fingerprint density at radius 3 is 2.81 bits per heavy atom. The number of hydrogen-bond donors (Lipinski definition) is 3. The lowest BCUT2D eigenvalue weighted by molar-refractivity contribution is 0.0697. The molecule has 7 heteroatoms. The van der Waals surface area contributed by atoms with Crippen LogP contribution < -0.4 is 10.2 Å². The maximum absolute atomic E-state index is 11.7. The van der Waals surface area contributed by atoms with Gasteiger partial charge in [0.1, 0.15) is 5.82 Å². The van der Waals surface area contributed by atoms with E-state index in [0.29, 0.717) is 23.0 Å². The highest BCUT2D eigenvalue weighted by atomic mass is 16.4. The second-order valence-electron chi connectivity index (χ2n) is 6.15. The van der Waals surface area contributed by atoms with Crippen LogP contribution in [0.15, 0.2) is 30.5 Å². The number of carboxylic acid groups (broad SMARTS) is 1. The zero-order chi connectivity index (χ0) is 18.7. The van der Waals surface area contributed by atoms with E-state index in [1.165, 1.54) is 0 Å². The molecule has 0 spiro atoms. The summed E-state index contributed by atoms with van der Waals surface area (Å²) >= 11 is 0. The van der Waals surface area contributed by atoms with Crippen LogP contribution in [0.2, 0.25) is 0 Å². The molecule has 3 aromatic rings. The SMILES string of the molecule is CCCN(CC)c1cc2nc(Nc3ncccc3C)[nH]c2cc1C(=O)O. The third-order valence-corrected chi connectivity index (χ3v) is 4.29. The molecule has 0 aliphatic heterocycles. The lowest BCUT2D eigenvalue weighted by atomic mass is 10.1. The van der Waals surface area contributed by atoms with E-state index in [-0.39, 0.29) is 5.56 Å². The first-order valence-corrected chi connectivity index (χ1v) is 8.74. The van der Waals surface area contributed by atoms with Crippen molar-refractivity contribution in [3.8, 4) is 0 Å². The van der Waals surface area contributed by atoms with Crippen LogP contribution in [-0.4, -0.2) is 39.1 Å². The number of benzene rings is 1. The summed E-state index contributed by atoms with van der Waals surface area (Å²) in [6.45, 7) is 7.59. The predicted octanol–water partition coefficient (Wildman–Crippen LogP) is 3.94. The molecule has 0 saturated carbocycles. The molecule has 7 nitrogen and oxygen atoms in total. The third kappa shape index (κ3) is 3.46. The van der Waals surface area contributed by atoms with E-state index in [4.69, 9.17) is 0 Å². The standard InChI is InChI=1S/C19H23N5O2/c1-4-9-24(5-2)16-11-15-14(10-13(16)18(25)26)21-19(22-15)23-17-12(3)7-6-8-20-17/h6-8,10-11H,4-5,9H2,1-3H3,(H,25,26)(H2,20,21,22,23). The average Bonchev–Trinajstić information content (AvgIpc) is 3.02.